The van der Waals surface area contributed by atoms with Gasteiger partial charge >= 0.3 is 6.03 Å². The number of alkyl halides is 2. The average molecular weight is 294 g/mol. The first-order valence-corrected chi connectivity index (χ1v) is 6.48. The maximum atomic E-state index is 12.6. The van der Waals surface area contributed by atoms with Crippen LogP contribution in [0.15, 0.2) is 42.6 Å². The van der Waals surface area contributed by atoms with Gasteiger partial charge in [-0.2, -0.15) is 5.10 Å². The van der Waals surface area contributed by atoms with Crippen molar-refractivity contribution in [1.29, 1.82) is 0 Å². The molecule has 21 heavy (non-hydrogen) atoms. The molecule has 2 rings (SSSR count). The summed E-state index contributed by atoms with van der Waals surface area (Å²) >= 11 is 0. The number of nitrogens with one attached hydrogen (secondary N) is 2. The molecule has 2 N–H and O–H groups in total. The SMILES string of the molecule is O=C(NCc1ccn[nH]1)N(Cc1ccccc1)CC(F)F. The largest absolute Gasteiger partial charge is 0.332 e. The Morgan fingerprint density at radius 3 is 2.67 bits per heavy atom. The first kappa shape index (κ1) is 15.0. The van der Waals surface area contributed by atoms with E-state index in [1.807, 2.05) is 6.07 Å². The van der Waals surface area contributed by atoms with Crippen LogP contribution in [0.5, 0.6) is 0 Å². The zero-order valence-corrected chi connectivity index (χ0v) is 11.3. The lowest BCUT2D eigenvalue weighted by molar-refractivity contribution is 0.0956. The molecule has 0 fully saturated rings. The maximum absolute atomic E-state index is 12.6. The van der Waals surface area contributed by atoms with Crippen LogP contribution in [0.2, 0.25) is 0 Å². The minimum atomic E-state index is -2.58. The first-order chi connectivity index (χ1) is 10.1. The van der Waals surface area contributed by atoms with Crippen molar-refractivity contribution in [3.8, 4) is 0 Å². The highest BCUT2D eigenvalue weighted by molar-refractivity contribution is 5.74. The van der Waals surface area contributed by atoms with Gasteiger partial charge in [0.1, 0.15) is 0 Å². The summed E-state index contributed by atoms with van der Waals surface area (Å²) in [4.78, 5) is 13.1. The van der Waals surface area contributed by atoms with Crippen molar-refractivity contribution >= 4 is 6.03 Å². The molecular weight excluding hydrogens is 278 g/mol. The van der Waals surface area contributed by atoms with E-state index >= 15 is 0 Å². The molecular formula is C14H16F2N4O. The van der Waals surface area contributed by atoms with Gasteiger partial charge < -0.3 is 10.2 Å². The van der Waals surface area contributed by atoms with Gasteiger partial charge in [-0.3, -0.25) is 5.10 Å². The Hall–Kier alpha value is -2.44. The van der Waals surface area contributed by atoms with Crippen molar-refractivity contribution in [2.75, 3.05) is 6.54 Å². The molecule has 7 heteroatoms. The van der Waals surface area contributed by atoms with Crippen LogP contribution in [-0.4, -0.2) is 34.1 Å². The minimum absolute atomic E-state index is 0.139. The lowest BCUT2D eigenvalue weighted by Gasteiger charge is -2.22. The smallest absolute Gasteiger partial charge is 0.318 e. The van der Waals surface area contributed by atoms with Crippen LogP contribution < -0.4 is 5.32 Å². The number of hydrogen-bond acceptors (Lipinski definition) is 2. The molecule has 0 saturated carbocycles. The molecule has 0 spiro atoms. The van der Waals surface area contributed by atoms with Gasteiger partial charge in [-0.1, -0.05) is 30.3 Å². The van der Waals surface area contributed by atoms with Crippen LogP contribution >= 0.6 is 0 Å². The number of urea groups is 1. The van der Waals surface area contributed by atoms with Crippen LogP contribution in [0.3, 0.4) is 0 Å². The number of carbonyl (C=O) groups is 1. The van der Waals surface area contributed by atoms with E-state index in [1.54, 1.807) is 36.5 Å². The molecule has 2 amide bonds. The second kappa shape index (κ2) is 7.37. The summed E-state index contributed by atoms with van der Waals surface area (Å²) in [5.41, 5.74) is 1.51. The van der Waals surface area contributed by atoms with E-state index in [0.29, 0.717) is 5.69 Å². The van der Waals surface area contributed by atoms with Gasteiger partial charge in [-0.05, 0) is 11.6 Å². The number of H-pyrrole nitrogens is 1. The van der Waals surface area contributed by atoms with Crippen LogP contribution in [0, 0.1) is 0 Å². The fourth-order valence-corrected chi connectivity index (χ4v) is 1.86. The molecule has 0 unspecified atom stereocenters. The summed E-state index contributed by atoms with van der Waals surface area (Å²) in [6.07, 6.45) is -1.02. The third-order valence-electron chi connectivity index (χ3n) is 2.85. The highest BCUT2D eigenvalue weighted by Gasteiger charge is 2.18. The second-order valence-electron chi connectivity index (χ2n) is 4.50. The van der Waals surface area contributed by atoms with Crippen LogP contribution in [-0.2, 0) is 13.1 Å². The Balaban J connectivity index is 1.95. The minimum Gasteiger partial charge on any atom is -0.332 e. The molecule has 1 heterocycles. The van der Waals surface area contributed by atoms with E-state index < -0.39 is 19.0 Å². The fourth-order valence-electron chi connectivity index (χ4n) is 1.86. The normalized spacial score (nSPS) is 10.6. The van der Waals surface area contributed by atoms with Crippen molar-refractivity contribution in [2.45, 2.75) is 19.5 Å². The predicted molar refractivity (Wildman–Crippen MR) is 73.7 cm³/mol. The summed E-state index contributed by atoms with van der Waals surface area (Å²) in [5, 5.41) is 9.03. The molecule has 112 valence electrons. The number of hydrogen-bond donors (Lipinski definition) is 2. The predicted octanol–water partition coefficient (Wildman–Crippen LogP) is 2.39. The number of halogens is 2. The molecule has 0 bridgehead atoms. The van der Waals surface area contributed by atoms with Crippen molar-refractivity contribution in [1.82, 2.24) is 20.4 Å². The topological polar surface area (TPSA) is 61.0 Å². The number of nitrogens with zero attached hydrogens (tertiary/aromatic N) is 2. The summed E-state index contributed by atoms with van der Waals surface area (Å²) in [6.45, 7) is -0.253. The molecule has 5 nitrogen and oxygen atoms in total. The van der Waals surface area contributed by atoms with Crippen molar-refractivity contribution in [2.24, 2.45) is 0 Å². The van der Waals surface area contributed by atoms with Gasteiger partial charge in [0, 0.05) is 12.7 Å². The molecule has 2 aromatic rings. The quantitative estimate of drug-likeness (QED) is 0.859. The Kier molecular flexibility index (Phi) is 5.25. The Bertz CT molecular complexity index is 545. The zero-order chi connectivity index (χ0) is 15.1. The summed E-state index contributed by atoms with van der Waals surface area (Å²) in [7, 11) is 0. The van der Waals surface area contributed by atoms with Gasteiger partial charge in [-0.15, -0.1) is 0 Å². The van der Waals surface area contributed by atoms with Gasteiger partial charge in [0.25, 0.3) is 6.43 Å². The second-order valence-corrected chi connectivity index (χ2v) is 4.50. The summed E-state index contributed by atoms with van der Waals surface area (Å²) in [6, 6.07) is 10.2. The van der Waals surface area contributed by atoms with Crippen molar-refractivity contribution in [3.05, 3.63) is 53.9 Å². The zero-order valence-electron chi connectivity index (χ0n) is 11.3. The van der Waals surface area contributed by atoms with Crippen molar-refractivity contribution in [3.63, 3.8) is 0 Å². The molecule has 0 atom stereocenters. The monoisotopic (exact) mass is 294 g/mol. The summed E-state index contributed by atoms with van der Waals surface area (Å²) < 4.78 is 25.2. The number of aromatic amines is 1. The standard InChI is InChI=1S/C14H16F2N4O/c15-13(16)10-20(9-11-4-2-1-3-5-11)14(21)17-8-12-6-7-18-19-12/h1-7,13H,8-10H2,(H,17,21)(H,18,19). The van der Waals surface area contributed by atoms with E-state index in [9.17, 15) is 13.6 Å². The highest BCUT2D eigenvalue weighted by Crippen LogP contribution is 2.07. The van der Waals surface area contributed by atoms with Crippen LogP contribution in [0.25, 0.3) is 0 Å². The highest BCUT2D eigenvalue weighted by atomic mass is 19.3. The third kappa shape index (κ3) is 4.87. The van der Waals surface area contributed by atoms with E-state index in [1.165, 1.54) is 0 Å². The van der Waals surface area contributed by atoms with E-state index in [2.05, 4.69) is 15.5 Å². The fraction of sp³-hybridized carbons (Fsp3) is 0.286. The Labute approximate surface area is 121 Å². The van der Waals surface area contributed by atoms with Gasteiger partial charge in [0.05, 0.1) is 18.8 Å². The molecule has 1 aromatic carbocycles. The number of carbonyl (C=O) groups excluding carboxylic acids is 1. The number of amides is 2. The van der Waals surface area contributed by atoms with E-state index in [-0.39, 0.29) is 13.1 Å². The van der Waals surface area contributed by atoms with Gasteiger partial charge in [-0.25, -0.2) is 13.6 Å². The molecule has 0 aliphatic heterocycles. The van der Waals surface area contributed by atoms with Crippen LogP contribution in [0.4, 0.5) is 13.6 Å². The molecule has 0 aliphatic carbocycles. The number of rotatable bonds is 6. The van der Waals surface area contributed by atoms with Gasteiger partial charge in [0.2, 0.25) is 0 Å². The molecule has 1 aromatic heterocycles. The van der Waals surface area contributed by atoms with Crippen LogP contribution in [0.1, 0.15) is 11.3 Å². The first-order valence-electron chi connectivity index (χ1n) is 6.48. The Morgan fingerprint density at radius 1 is 1.29 bits per heavy atom. The maximum Gasteiger partial charge on any atom is 0.318 e. The van der Waals surface area contributed by atoms with E-state index in [0.717, 1.165) is 10.5 Å². The van der Waals surface area contributed by atoms with Gasteiger partial charge in [0.15, 0.2) is 0 Å². The molecule has 0 aliphatic rings. The lowest BCUT2D eigenvalue weighted by Crippen LogP contribution is -2.41. The molecule has 0 saturated heterocycles. The van der Waals surface area contributed by atoms with E-state index in [4.69, 9.17) is 0 Å². The summed E-state index contributed by atoms with van der Waals surface area (Å²) in [5.74, 6) is 0. The van der Waals surface area contributed by atoms with Crippen molar-refractivity contribution < 1.29 is 13.6 Å². The molecule has 0 radical (unpaired) electrons. The lowest BCUT2D eigenvalue weighted by atomic mass is 10.2. The Morgan fingerprint density at radius 2 is 2.05 bits per heavy atom. The number of aromatic nitrogens is 2. The third-order valence-corrected chi connectivity index (χ3v) is 2.85. The average Bonchev–Trinajstić information content (AvgIpc) is 2.98. The number of benzene rings is 1.